The summed E-state index contributed by atoms with van der Waals surface area (Å²) in [6.45, 7) is 3.73. The predicted molar refractivity (Wildman–Crippen MR) is 88.9 cm³/mol. The van der Waals surface area contributed by atoms with Gasteiger partial charge in [0.15, 0.2) is 0 Å². The zero-order valence-electron chi connectivity index (χ0n) is 12.7. The Hall–Kier alpha value is -2.33. The standard InChI is InChI=1S/C17H17ClN2O2/c1-11-4-9-15(16(18)10-11)17(21)20-19-12(2)13-5-7-14(22-3)8-6-13/h4-10H,1-3H3,(H,20,21). The Kier molecular flexibility index (Phi) is 5.17. The maximum absolute atomic E-state index is 12.1. The molecule has 0 spiro atoms. The van der Waals surface area contributed by atoms with Crippen molar-refractivity contribution < 1.29 is 9.53 Å². The van der Waals surface area contributed by atoms with Crippen molar-refractivity contribution in [3.05, 3.63) is 64.2 Å². The second kappa shape index (κ2) is 7.09. The van der Waals surface area contributed by atoms with Crippen molar-refractivity contribution in [2.75, 3.05) is 7.11 Å². The quantitative estimate of drug-likeness (QED) is 0.689. The highest BCUT2D eigenvalue weighted by molar-refractivity contribution is 6.33. The normalized spacial score (nSPS) is 11.2. The number of aryl methyl sites for hydroxylation is 1. The van der Waals surface area contributed by atoms with Gasteiger partial charge < -0.3 is 4.74 Å². The fraction of sp³-hybridized carbons (Fsp3) is 0.176. The summed E-state index contributed by atoms with van der Waals surface area (Å²) in [6.07, 6.45) is 0. The van der Waals surface area contributed by atoms with E-state index in [9.17, 15) is 4.79 Å². The highest BCUT2D eigenvalue weighted by atomic mass is 35.5. The lowest BCUT2D eigenvalue weighted by Crippen LogP contribution is -2.19. The molecule has 1 N–H and O–H groups in total. The van der Waals surface area contributed by atoms with Gasteiger partial charge in [-0.3, -0.25) is 4.79 Å². The van der Waals surface area contributed by atoms with E-state index < -0.39 is 0 Å². The summed E-state index contributed by atoms with van der Waals surface area (Å²) < 4.78 is 5.10. The number of amides is 1. The number of methoxy groups -OCH3 is 1. The Morgan fingerprint density at radius 3 is 2.45 bits per heavy atom. The molecule has 0 saturated carbocycles. The molecule has 0 radical (unpaired) electrons. The number of benzene rings is 2. The summed E-state index contributed by atoms with van der Waals surface area (Å²) in [7, 11) is 1.61. The van der Waals surface area contributed by atoms with E-state index in [1.165, 1.54) is 0 Å². The number of hydrazone groups is 1. The molecule has 2 aromatic rings. The van der Waals surface area contributed by atoms with Crippen LogP contribution in [0.4, 0.5) is 0 Å². The Morgan fingerprint density at radius 1 is 1.18 bits per heavy atom. The van der Waals surface area contributed by atoms with Crippen LogP contribution >= 0.6 is 11.6 Å². The van der Waals surface area contributed by atoms with Crippen LogP contribution in [0.1, 0.15) is 28.4 Å². The lowest BCUT2D eigenvalue weighted by molar-refractivity contribution is 0.0955. The van der Waals surface area contributed by atoms with Crippen LogP contribution in [0.2, 0.25) is 5.02 Å². The van der Waals surface area contributed by atoms with Crippen molar-refractivity contribution in [1.29, 1.82) is 0 Å². The first-order valence-corrected chi connectivity index (χ1v) is 7.14. The summed E-state index contributed by atoms with van der Waals surface area (Å²) in [4.78, 5) is 12.1. The Bertz CT molecular complexity index is 709. The van der Waals surface area contributed by atoms with Crippen molar-refractivity contribution in [1.82, 2.24) is 5.43 Å². The fourth-order valence-corrected chi connectivity index (χ4v) is 2.22. The van der Waals surface area contributed by atoms with Crippen LogP contribution in [0.25, 0.3) is 0 Å². The molecule has 4 nitrogen and oxygen atoms in total. The summed E-state index contributed by atoms with van der Waals surface area (Å²) in [5.74, 6) is 0.435. The summed E-state index contributed by atoms with van der Waals surface area (Å²) in [5.41, 5.74) is 5.51. The molecule has 0 heterocycles. The van der Waals surface area contributed by atoms with Gasteiger partial charge >= 0.3 is 0 Å². The molecule has 0 atom stereocenters. The van der Waals surface area contributed by atoms with Gasteiger partial charge in [0.05, 0.1) is 23.4 Å². The average Bonchev–Trinajstić information content (AvgIpc) is 2.52. The van der Waals surface area contributed by atoms with Gasteiger partial charge in [0.1, 0.15) is 5.75 Å². The maximum Gasteiger partial charge on any atom is 0.272 e. The van der Waals surface area contributed by atoms with Crippen LogP contribution in [0.15, 0.2) is 47.6 Å². The minimum atomic E-state index is -0.335. The zero-order valence-corrected chi connectivity index (χ0v) is 13.4. The highest BCUT2D eigenvalue weighted by Crippen LogP contribution is 2.17. The van der Waals surface area contributed by atoms with E-state index in [0.717, 1.165) is 16.9 Å². The molecule has 114 valence electrons. The van der Waals surface area contributed by atoms with Crippen molar-refractivity contribution in [2.24, 2.45) is 5.10 Å². The summed E-state index contributed by atoms with van der Waals surface area (Å²) in [5, 5.41) is 4.52. The van der Waals surface area contributed by atoms with Gasteiger partial charge in [0.2, 0.25) is 0 Å². The van der Waals surface area contributed by atoms with Gasteiger partial charge in [-0.25, -0.2) is 5.43 Å². The largest absolute Gasteiger partial charge is 0.497 e. The monoisotopic (exact) mass is 316 g/mol. The lowest BCUT2D eigenvalue weighted by atomic mass is 10.1. The first-order valence-electron chi connectivity index (χ1n) is 6.76. The first kappa shape index (κ1) is 16.0. The van der Waals surface area contributed by atoms with E-state index in [4.69, 9.17) is 16.3 Å². The molecule has 0 aliphatic rings. The number of halogens is 1. The van der Waals surface area contributed by atoms with E-state index in [-0.39, 0.29) is 5.91 Å². The SMILES string of the molecule is COc1ccc(C(C)=NNC(=O)c2ccc(C)cc2Cl)cc1. The molecule has 0 fully saturated rings. The Labute approximate surface area is 134 Å². The van der Waals surface area contributed by atoms with Crippen LogP contribution < -0.4 is 10.2 Å². The molecule has 2 rings (SSSR count). The fourth-order valence-electron chi connectivity index (χ4n) is 1.90. The molecule has 22 heavy (non-hydrogen) atoms. The van der Waals surface area contributed by atoms with Gasteiger partial charge in [0.25, 0.3) is 5.91 Å². The number of nitrogens with zero attached hydrogens (tertiary/aromatic N) is 1. The number of hydrogen-bond donors (Lipinski definition) is 1. The molecular weight excluding hydrogens is 300 g/mol. The Morgan fingerprint density at radius 2 is 1.86 bits per heavy atom. The summed E-state index contributed by atoms with van der Waals surface area (Å²) in [6, 6.07) is 12.7. The molecule has 2 aromatic carbocycles. The minimum Gasteiger partial charge on any atom is -0.497 e. The second-order valence-electron chi connectivity index (χ2n) is 4.85. The zero-order chi connectivity index (χ0) is 16.1. The third-order valence-electron chi connectivity index (χ3n) is 3.20. The number of hydrogen-bond acceptors (Lipinski definition) is 3. The minimum absolute atomic E-state index is 0.335. The molecule has 0 aliphatic heterocycles. The van der Waals surface area contributed by atoms with Gasteiger partial charge in [-0.15, -0.1) is 0 Å². The third-order valence-corrected chi connectivity index (χ3v) is 3.51. The molecule has 0 bridgehead atoms. The molecule has 0 unspecified atom stereocenters. The molecule has 0 aromatic heterocycles. The molecule has 5 heteroatoms. The van der Waals surface area contributed by atoms with Crippen molar-refractivity contribution >= 4 is 23.2 Å². The third kappa shape index (κ3) is 3.86. The number of carbonyl (C=O) groups excluding carboxylic acids is 1. The predicted octanol–water partition coefficient (Wildman–Crippen LogP) is 3.81. The molecule has 0 aliphatic carbocycles. The Balaban J connectivity index is 2.10. The first-order chi connectivity index (χ1) is 10.5. The van der Waals surface area contributed by atoms with Crippen molar-refractivity contribution in [3.8, 4) is 5.75 Å². The number of rotatable bonds is 4. The van der Waals surface area contributed by atoms with E-state index in [2.05, 4.69) is 10.5 Å². The number of nitrogens with one attached hydrogen (secondary N) is 1. The van der Waals surface area contributed by atoms with Crippen LogP contribution in [-0.2, 0) is 0 Å². The number of carbonyl (C=O) groups is 1. The van der Waals surface area contributed by atoms with Gasteiger partial charge in [0, 0.05) is 0 Å². The number of ether oxygens (including phenoxy) is 1. The van der Waals surface area contributed by atoms with E-state index in [1.54, 1.807) is 19.2 Å². The van der Waals surface area contributed by atoms with Crippen LogP contribution in [0.3, 0.4) is 0 Å². The highest BCUT2D eigenvalue weighted by Gasteiger charge is 2.09. The smallest absolute Gasteiger partial charge is 0.272 e. The molecule has 1 amide bonds. The van der Waals surface area contributed by atoms with Gasteiger partial charge in [-0.05, 0) is 61.4 Å². The van der Waals surface area contributed by atoms with E-state index in [1.807, 2.05) is 44.2 Å². The van der Waals surface area contributed by atoms with Crippen molar-refractivity contribution in [3.63, 3.8) is 0 Å². The molecular formula is C17H17ClN2O2. The average molecular weight is 317 g/mol. The van der Waals surface area contributed by atoms with E-state index >= 15 is 0 Å². The topological polar surface area (TPSA) is 50.7 Å². The van der Waals surface area contributed by atoms with E-state index in [0.29, 0.717) is 16.3 Å². The van der Waals surface area contributed by atoms with Gasteiger partial charge in [-0.1, -0.05) is 17.7 Å². The summed E-state index contributed by atoms with van der Waals surface area (Å²) >= 11 is 6.07. The second-order valence-corrected chi connectivity index (χ2v) is 5.26. The lowest BCUT2D eigenvalue weighted by Gasteiger charge is -2.06. The van der Waals surface area contributed by atoms with Gasteiger partial charge in [-0.2, -0.15) is 5.10 Å². The van der Waals surface area contributed by atoms with Crippen LogP contribution in [0.5, 0.6) is 5.75 Å². The molecule has 0 saturated heterocycles. The van der Waals surface area contributed by atoms with Crippen molar-refractivity contribution in [2.45, 2.75) is 13.8 Å². The van der Waals surface area contributed by atoms with Crippen LogP contribution in [-0.4, -0.2) is 18.7 Å². The van der Waals surface area contributed by atoms with Crippen LogP contribution in [0, 0.1) is 6.92 Å². The maximum atomic E-state index is 12.1.